The molecule has 50 valence electrons. The van der Waals surface area contributed by atoms with E-state index in [0.29, 0.717) is 0 Å². The Kier molecular flexibility index (Phi) is 5.03. The number of nitrogens with zero attached hydrogens (tertiary/aromatic N) is 1. The Bertz CT molecular complexity index is 63.4. The fourth-order valence-electron chi connectivity index (χ4n) is 0.289. The summed E-state index contributed by atoms with van der Waals surface area (Å²) in [6.45, 7) is 1.28. The van der Waals surface area contributed by atoms with Crippen LogP contribution in [0.1, 0.15) is 0 Å². The minimum absolute atomic E-state index is 1.14. The van der Waals surface area contributed by atoms with Gasteiger partial charge in [0.05, 0.1) is 20.6 Å². The molecular weight excluding hydrogens is 328 g/mol. The predicted molar refractivity (Wildman–Crippen MR) is 54.7 cm³/mol. The first-order valence-corrected chi connectivity index (χ1v) is 5.61. The summed E-state index contributed by atoms with van der Waals surface area (Å²) in [5, 5.41) is 0. The Labute approximate surface area is 78.7 Å². The number of rotatable bonds is 3. The molecule has 0 aliphatic carbocycles. The van der Waals surface area contributed by atoms with E-state index >= 15 is 0 Å². The smallest absolute Gasteiger partial charge is 0.129 e. The van der Waals surface area contributed by atoms with Crippen LogP contribution in [0.5, 0.6) is 0 Å². The van der Waals surface area contributed by atoms with Crippen molar-refractivity contribution in [3.05, 3.63) is 0 Å². The molecule has 8 heavy (non-hydrogen) atoms. The van der Waals surface area contributed by atoms with E-state index in [2.05, 4.69) is 59.3 Å². The molecule has 0 aromatic carbocycles. The third-order valence-electron chi connectivity index (χ3n) is 1.01. The van der Waals surface area contributed by atoms with Crippen molar-refractivity contribution in [1.29, 1.82) is 0 Å². The largest absolute Gasteiger partial charge is 0.320 e. The van der Waals surface area contributed by atoms with E-state index in [0.717, 1.165) is 4.48 Å². The van der Waals surface area contributed by atoms with Crippen LogP contribution >= 0.6 is 45.2 Å². The van der Waals surface area contributed by atoms with E-state index in [-0.39, 0.29) is 0 Å². The van der Waals surface area contributed by atoms with E-state index in [1.54, 1.807) is 0 Å². The van der Waals surface area contributed by atoms with Gasteiger partial charge in [0.15, 0.2) is 0 Å². The highest BCUT2D eigenvalue weighted by Crippen LogP contribution is 2.01. The maximum atomic E-state index is 2.42. The lowest BCUT2D eigenvalue weighted by molar-refractivity contribution is -0.871. The zero-order chi connectivity index (χ0) is 6.62. The van der Waals surface area contributed by atoms with Crippen LogP contribution in [0.4, 0.5) is 0 Å². The molecule has 0 aromatic heterocycles. The van der Waals surface area contributed by atoms with E-state index in [9.17, 15) is 0 Å². The molecule has 0 bridgehead atoms. The van der Waals surface area contributed by atoms with Gasteiger partial charge in [0, 0.05) is 4.43 Å². The van der Waals surface area contributed by atoms with Gasteiger partial charge in [-0.1, -0.05) is 22.6 Å². The molecule has 0 rings (SSSR count). The molecule has 0 aromatic rings. The van der Waals surface area contributed by atoms with Gasteiger partial charge < -0.3 is 4.48 Å². The van der Waals surface area contributed by atoms with Crippen LogP contribution in [-0.4, -0.2) is 34.1 Å². The standard InChI is InChI=1S/C5H12I2N/c1-8(2,5-7)4-3-6/h3-5H2,1-2H3/q+1. The lowest BCUT2D eigenvalue weighted by Gasteiger charge is -2.25. The number of alkyl halides is 2. The maximum absolute atomic E-state index is 2.42. The van der Waals surface area contributed by atoms with Crippen molar-refractivity contribution in [3.8, 4) is 0 Å². The quantitative estimate of drug-likeness (QED) is 0.319. The molecule has 0 aliphatic rings. The highest BCUT2D eigenvalue weighted by Gasteiger charge is 2.09. The van der Waals surface area contributed by atoms with Crippen molar-refractivity contribution in [2.45, 2.75) is 0 Å². The number of hydrogen-bond donors (Lipinski definition) is 0. The van der Waals surface area contributed by atoms with E-state index in [1.807, 2.05) is 0 Å². The molecule has 0 unspecified atom stereocenters. The lowest BCUT2D eigenvalue weighted by atomic mass is 10.6. The number of hydrogen-bond acceptors (Lipinski definition) is 0. The van der Waals surface area contributed by atoms with Gasteiger partial charge in [-0.3, -0.25) is 0 Å². The van der Waals surface area contributed by atoms with Gasteiger partial charge >= 0.3 is 0 Å². The third-order valence-corrected chi connectivity index (χ3v) is 3.34. The zero-order valence-electron chi connectivity index (χ0n) is 5.32. The summed E-state index contributed by atoms with van der Waals surface area (Å²) in [4.78, 5) is 0. The highest BCUT2D eigenvalue weighted by molar-refractivity contribution is 14.1. The summed E-state index contributed by atoms with van der Waals surface area (Å²) in [6, 6.07) is 0. The number of quaternary nitrogens is 1. The average molecular weight is 340 g/mol. The molecular formula is C5H12I2N+. The normalized spacial score (nSPS) is 12.0. The van der Waals surface area contributed by atoms with Crippen molar-refractivity contribution >= 4 is 45.2 Å². The minimum Gasteiger partial charge on any atom is -0.320 e. The molecule has 0 atom stereocenters. The molecule has 0 fully saturated rings. The molecule has 0 spiro atoms. The van der Waals surface area contributed by atoms with E-state index in [1.165, 1.54) is 15.5 Å². The average Bonchev–Trinajstić information content (AvgIpc) is 1.67. The van der Waals surface area contributed by atoms with E-state index < -0.39 is 0 Å². The summed E-state index contributed by atoms with van der Waals surface area (Å²) >= 11 is 4.84. The summed E-state index contributed by atoms with van der Waals surface area (Å²) in [5.41, 5.74) is 0. The van der Waals surface area contributed by atoms with Crippen LogP contribution in [0.15, 0.2) is 0 Å². The second-order valence-corrected chi connectivity index (χ2v) is 4.23. The van der Waals surface area contributed by atoms with Crippen LogP contribution in [0.25, 0.3) is 0 Å². The highest BCUT2D eigenvalue weighted by atomic mass is 127. The molecule has 0 aliphatic heterocycles. The molecule has 0 N–H and O–H groups in total. The van der Waals surface area contributed by atoms with E-state index in [4.69, 9.17) is 0 Å². The second-order valence-electron chi connectivity index (χ2n) is 2.47. The monoisotopic (exact) mass is 340 g/mol. The Balaban J connectivity index is 3.37. The van der Waals surface area contributed by atoms with Gasteiger partial charge in [-0.15, -0.1) is 0 Å². The molecule has 0 saturated heterocycles. The summed E-state index contributed by atoms with van der Waals surface area (Å²) < 4.78 is 3.61. The van der Waals surface area contributed by atoms with Gasteiger partial charge in [0.25, 0.3) is 0 Å². The van der Waals surface area contributed by atoms with Crippen LogP contribution in [0, 0.1) is 0 Å². The van der Waals surface area contributed by atoms with Crippen molar-refractivity contribution in [3.63, 3.8) is 0 Å². The molecule has 3 heteroatoms. The molecule has 0 heterocycles. The lowest BCUT2D eigenvalue weighted by Crippen LogP contribution is -2.39. The van der Waals surface area contributed by atoms with Gasteiger partial charge in [0.1, 0.15) is 4.55 Å². The molecule has 1 nitrogen and oxygen atoms in total. The summed E-state index contributed by atoms with van der Waals surface area (Å²) in [7, 11) is 4.51. The van der Waals surface area contributed by atoms with Crippen molar-refractivity contribution < 1.29 is 4.48 Å². The SMILES string of the molecule is C[N+](C)(CI)CCI. The van der Waals surface area contributed by atoms with Crippen LogP contribution in [-0.2, 0) is 0 Å². The fraction of sp³-hybridized carbons (Fsp3) is 1.00. The molecule has 0 saturated carbocycles. The summed E-state index contributed by atoms with van der Waals surface area (Å²) in [5.74, 6) is 0. The molecule has 0 radical (unpaired) electrons. The Morgan fingerprint density at radius 1 is 1.25 bits per heavy atom. The van der Waals surface area contributed by atoms with Gasteiger partial charge in [-0.2, -0.15) is 0 Å². The Morgan fingerprint density at radius 3 is 1.88 bits per heavy atom. The Hall–Kier alpha value is 1.42. The first-order chi connectivity index (χ1) is 3.62. The first kappa shape index (κ1) is 9.42. The maximum Gasteiger partial charge on any atom is 0.129 e. The molecule has 0 amide bonds. The van der Waals surface area contributed by atoms with Crippen molar-refractivity contribution in [2.24, 2.45) is 0 Å². The fourth-order valence-corrected chi connectivity index (χ4v) is 1.94. The van der Waals surface area contributed by atoms with Crippen molar-refractivity contribution in [2.75, 3.05) is 29.6 Å². The summed E-state index contributed by atoms with van der Waals surface area (Å²) in [6.07, 6.45) is 0. The van der Waals surface area contributed by atoms with Gasteiger partial charge in [-0.05, 0) is 22.6 Å². The zero-order valence-corrected chi connectivity index (χ0v) is 9.64. The first-order valence-electron chi connectivity index (χ1n) is 2.56. The van der Waals surface area contributed by atoms with Gasteiger partial charge in [0.2, 0.25) is 0 Å². The van der Waals surface area contributed by atoms with Crippen LogP contribution in [0.2, 0.25) is 0 Å². The Morgan fingerprint density at radius 2 is 1.75 bits per heavy atom. The third kappa shape index (κ3) is 4.31. The van der Waals surface area contributed by atoms with Gasteiger partial charge in [-0.25, -0.2) is 0 Å². The second kappa shape index (κ2) is 4.27. The predicted octanol–water partition coefficient (Wildman–Crippen LogP) is 1.89. The topological polar surface area (TPSA) is 0 Å². The van der Waals surface area contributed by atoms with Crippen molar-refractivity contribution in [1.82, 2.24) is 0 Å². The minimum atomic E-state index is 1.14. The number of halogens is 2. The van der Waals surface area contributed by atoms with Crippen LogP contribution < -0.4 is 0 Å². The van der Waals surface area contributed by atoms with Crippen LogP contribution in [0.3, 0.4) is 0 Å².